The monoisotopic (exact) mass is 272 g/mol. The molecule has 0 amide bonds. The van der Waals surface area contributed by atoms with Crippen molar-refractivity contribution >= 4 is 0 Å². The molecular formula is C17H20O3. The molecule has 2 N–H and O–H groups in total. The van der Waals surface area contributed by atoms with Crippen LogP contribution in [-0.4, -0.2) is 21.4 Å². The lowest BCUT2D eigenvalue weighted by Crippen LogP contribution is -2.52. The van der Waals surface area contributed by atoms with Crippen LogP contribution in [0.25, 0.3) is 0 Å². The van der Waals surface area contributed by atoms with Gasteiger partial charge in [0, 0.05) is 0 Å². The van der Waals surface area contributed by atoms with E-state index in [9.17, 15) is 10.2 Å². The van der Waals surface area contributed by atoms with E-state index in [1.54, 1.807) is 12.1 Å². The summed E-state index contributed by atoms with van der Waals surface area (Å²) in [5.41, 5.74) is -1.49. The van der Waals surface area contributed by atoms with Gasteiger partial charge in [0.05, 0.1) is 0 Å². The number of aliphatic hydroxyl groups is 2. The van der Waals surface area contributed by atoms with E-state index in [0.29, 0.717) is 18.6 Å². The van der Waals surface area contributed by atoms with Crippen LogP contribution in [0.4, 0.5) is 0 Å². The van der Waals surface area contributed by atoms with Crippen molar-refractivity contribution in [3.63, 3.8) is 0 Å². The second-order valence-corrected chi connectivity index (χ2v) is 5.50. The van der Waals surface area contributed by atoms with Crippen LogP contribution in [-0.2, 0) is 0 Å². The minimum atomic E-state index is -1.50. The van der Waals surface area contributed by atoms with Gasteiger partial charge in [-0.1, -0.05) is 29.8 Å². The molecule has 2 atom stereocenters. The summed E-state index contributed by atoms with van der Waals surface area (Å²) < 4.78 is 5.25. The zero-order valence-corrected chi connectivity index (χ0v) is 11.9. The van der Waals surface area contributed by atoms with Gasteiger partial charge in [-0.15, -0.1) is 0 Å². The van der Waals surface area contributed by atoms with Gasteiger partial charge in [-0.3, -0.25) is 0 Å². The van der Waals surface area contributed by atoms with E-state index in [4.69, 9.17) is 4.74 Å². The number of rotatable bonds is 2. The maximum atomic E-state index is 10.6. The number of para-hydroxylation sites is 1. The summed E-state index contributed by atoms with van der Waals surface area (Å²) in [4.78, 5) is 0. The molecular weight excluding hydrogens is 252 g/mol. The second kappa shape index (κ2) is 5.70. The molecule has 0 heterocycles. The molecule has 2 rings (SSSR count). The van der Waals surface area contributed by atoms with Crippen LogP contribution in [0.15, 0.2) is 42.0 Å². The van der Waals surface area contributed by atoms with Crippen LogP contribution < -0.4 is 4.74 Å². The number of hydrogen-bond acceptors (Lipinski definition) is 3. The van der Waals surface area contributed by atoms with E-state index in [1.807, 2.05) is 31.2 Å². The number of benzene rings is 1. The van der Waals surface area contributed by atoms with E-state index in [1.165, 1.54) is 12.5 Å². The van der Waals surface area contributed by atoms with Gasteiger partial charge in [-0.25, -0.2) is 0 Å². The SMILES string of the molecule is CC1=CCC(O)(C(C)(O)C#COc2ccccc2)CC1. The quantitative estimate of drug-likeness (QED) is 0.643. The molecule has 0 radical (unpaired) electrons. The summed E-state index contributed by atoms with van der Waals surface area (Å²) in [6, 6.07) is 9.14. The van der Waals surface area contributed by atoms with Crippen LogP contribution >= 0.6 is 0 Å². The van der Waals surface area contributed by atoms with E-state index in [-0.39, 0.29) is 0 Å². The molecule has 3 heteroatoms. The van der Waals surface area contributed by atoms with Gasteiger partial charge in [-0.2, -0.15) is 0 Å². The molecule has 0 spiro atoms. The summed E-state index contributed by atoms with van der Waals surface area (Å²) >= 11 is 0. The molecule has 0 saturated heterocycles. The predicted octanol–water partition coefficient (Wildman–Crippen LogP) is 2.64. The fraction of sp³-hybridized carbons (Fsp3) is 0.412. The first-order chi connectivity index (χ1) is 9.43. The third-order valence-corrected chi connectivity index (χ3v) is 3.83. The van der Waals surface area contributed by atoms with Gasteiger partial charge >= 0.3 is 0 Å². The first-order valence-electron chi connectivity index (χ1n) is 6.77. The standard InChI is InChI=1S/C17H20O3/c1-14-8-10-17(19,11-9-14)16(2,18)12-13-20-15-6-4-3-5-7-15/h3-8,18-19H,9-11H2,1-2H3. The molecule has 0 saturated carbocycles. The van der Waals surface area contributed by atoms with Crippen molar-refractivity contribution in [3.05, 3.63) is 42.0 Å². The molecule has 0 bridgehead atoms. The first kappa shape index (κ1) is 14.6. The summed E-state index contributed by atoms with van der Waals surface area (Å²) in [6.45, 7) is 3.56. The van der Waals surface area contributed by atoms with Crippen LogP contribution in [0.2, 0.25) is 0 Å². The van der Waals surface area contributed by atoms with E-state index in [0.717, 1.165) is 6.42 Å². The zero-order chi connectivity index (χ0) is 14.6. The molecule has 1 aromatic rings. The second-order valence-electron chi connectivity index (χ2n) is 5.50. The lowest BCUT2D eigenvalue weighted by atomic mass is 9.75. The first-order valence-corrected chi connectivity index (χ1v) is 6.77. The van der Waals surface area contributed by atoms with Crippen molar-refractivity contribution < 1.29 is 14.9 Å². The maximum absolute atomic E-state index is 10.6. The van der Waals surface area contributed by atoms with Crippen LogP contribution in [0.1, 0.15) is 33.1 Å². The lowest BCUT2D eigenvalue weighted by Gasteiger charge is -2.39. The van der Waals surface area contributed by atoms with Crippen LogP contribution in [0.3, 0.4) is 0 Å². The molecule has 0 aromatic heterocycles. The van der Waals surface area contributed by atoms with Crippen LogP contribution in [0.5, 0.6) is 5.75 Å². The third kappa shape index (κ3) is 3.22. The fourth-order valence-corrected chi connectivity index (χ4v) is 2.18. The van der Waals surface area contributed by atoms with Gasteiger partial charge in [-0.05, 0) is 51.2 Å². The van der Waals surface area contributed by atoms with Gasteiger partial charge in [0.2, 0.25) is 0 Å². The lowest BCUT2D eigenvalue weighted by molar-refractivity contribution is -0.113. The van der Waals surface area contributed by atoms with Gasteiger partial charge in [0.15, 0.2) is 5.60 Å². The van der Waals surface area contributed by atoms with Crippen molar-refractivity contribution in [1.29, 1.82) is 0 Å². The van der Waals surface area contributed by atoms with E-state index < -0.39 is 11.2 Å². The Hall–Kier alpha value is -1.76. The minimum absolute atomic E-state index is 0.409. The zero-order valence-electron chi connectivity index (χ0n) is 11.9. The highest BCUT2D eigenvalue weighted by Crippen LogP contribution is 2.35. The summed E-state index contributed by atoms with van der Waals surface area (Å²) in [5, 5.41) is 21.0. The maximum Gasteiger partial charge on any atom is 0.154 e. The van der Waals surface area contributed by atoms with Gasteiger partial charge < -0.3 is 14.9 Å². The molecule has 0 fully saturated rings. The Labute approximate surface area is 119 Å². The number of hydrogen-bond donors (Lipinski definition) is 2. The van der Waals surface area contributed by atoms with Gasteiger partial charge in [0.25, 0.3) is 0 Å². The Kier molecular flexibility index (Phi) is 4.17. The molecule has 106 valence electrons. The van der Waals surface area contributed by atoms with Crippen molar-refractivity contribution in [2.45, 2.75) is 44.3 Å². The number of ether oxygens (including phenoxy) is 1. The third-order valence-electron chi connectivity index (χ3n) is 3.83. The molecule has 1 aliphatic carbocycles. The van der Waals surface area contributed by atoms with Crippen molar-refractivity contribution in [3.8, 4) is 17.8 Å². The van der Waals surface area contributed by atoms with Crippen molar-refractivity contribution in [2.75, 3.05) is 0 Å². The fourth-order valence-electron chi connectivity index (χ4n) is 2.18. The van der Waals surface area contributed by atoms with E-state index >= 15 is 0 Å². The molecule has 1 aliphatic rings. The minimum Gasteiger partial charge on any atom is -0.407 e. The number of allylic oxidation sites excluding steroid dienone is 1. The smallest absolute Gasteiger partial charge is 0.154 e. The predicted molar refractivity (Wildman–Crippen MR) is 78.0 cm³/mol. The highest BCUT2D eigenvalue weighted by atomic mass is 16.5. The van der Waals surface area contributed by atoms with Crippen LogP contribution in [0, 0.1) is 12.0 Å². The van der Waals surface area contributed by atoms with E-state index in [2.05, 4.69) is 12.0 Å². The average molecular weight is 272 g/mol. The Morgan fingerprint density at radius 2 is 2.00 bits per heavy atom. The Morgan fingerprint density at radius 3 is 2.60 bits per heavy atom. The normalized spacial score (nSPS) is 24.9. The highest BCUT2D eigenvalue weighted by Gasteiger charge is 2.45. The topological polar surface area (TPSA) is 49.7 Å². The Morgan fingerprint density at radius 1 is 1.30 bits per heavy atom. The largest absolute Gasteiger partial charge is 0.407 e. The molecule has 1 aromatic carbocycles. The Bertz CT molecular complexity index is 549. The highest BCUT2D eigenvalue weighted by molar-refractivity contribution is 5.26. The van der Waals surface area contributed by atoms with Gasteiger partial charge in [0.1, 0.15) is 17.5 Å². The summed E-state index contributed by atoms with van der Waals surface area (Å²) in [5.74, 6) is 3.25. The Balaban J connectivity index is 2.08. The molecule has 20 heavy (non-hydrogen) atoms. The van der Waals surface area contributed by atoms with Crippen molar-refractivity contribution in [2.24, 2.45) is 0 Å². The van der Waals surface area contributed by atoms with Crippen molar-refractivity contribution in [1.82, 2.24) is 0 Å². The summed E-state index contributed by atoms with van der Waals surface area (Å²) in [6.07, 6.45) is 6.13. The molecule has 3 nitrogen and oxygen atoms in total. The average Bonchev–Trinajstić information content (AvgIpc) is 2.43. The molecule has 0 aliphatic heterocycles. The molecule has 2 unspecified atom stereocenters. The summed E-state index contributed by atoms with van der Waals surface area (Å²) in [7, 11) is 0.